The lowest BCUT2D eigenvalue weighted by atomic mass is 10.1. The Balaban J connectivity index is 1.67. The van der Waals surface area contributed by atoms with Crippen LogP contribution < -0.4 is 10.6 Å². The summed E-state index contributed by atoms with van der Waals surface area (Å²) in [6, 6.07) is 19.3. The summed E-state index contributed by atoms with van der Waals surface area (Å²) in [6.45, 7) is 2.12. The van der Waals surface area contributed by atoms with Gasteiger partial charge in [-0.05, 0) is 30.7 Å². The molecule has 4 nitrogen and oxygen atoms in total. The minimum Gasteiger partial charge on any atom is -0.334 e. The van der Waals surface area contributed by atoms with Gasteiger partial charge in [0.2, 0.25) is 0 Å². The minimum atomic E-state index is -0.433. The van der Waals surface area contributed by atoms with Crippen molar-refractivity contribution in [2.45, 2.75) is 13.5 Å². The second-order valence-electron chi connectivity index (χ2n) is 5.62. The van der Waals surface area contributed by atoms with Gasteiger partial charge in [-0.2, -0.15) is 0 Å². The van der Waals surface area contributed by atoms with Crippen LogP contribution in [0.1, 0.15) is 11.1 Å². The number of amides is 2. The summed E-state index contributed by atoms with van der Waals surface area (Å²) in [5.41, 5.74) is 3.33. The molecular formula is C20H18FN3O. The highest BCUT2D eigenvalue weighted by molar-refractivity contribution is 5.88. The number of halogens is 1. The topological polar surface area (TPSA) is 54.0 Å². The van der Waals surface area contributed by atoms with Crippen molar-refractivity contribution in [2.75, 3.05) is 5.32 Å². The SMILES string of the molecule is Cc1ccccc1-c1cccc(NC(=O)NCc2ccccc2F)n1. The highest BCUT2D eigenvalue weighted by Crippen LogP contribution is 2.22. The molecule has 0 bridgehead atoms. The molecule has 0 aliphatic heterocycles. The number of nitrogens with one attached hydrogen (secondary N) is 2. The Morgan fingerprint density at radius 3 is 2.56 bits per heavy atom. The van der Waals surface area contributed by atoms with E-state index in [4.69, 9.17) is 0 Å². The van der Waals surface area contributed by atoms with Crippen LogP contribution in [0.3, 0.4) is 0 Å². The van der Waals surface area contributed by atoms with Gasteiger partial charge in [0.1, 0.15) is 11.6 Å². The van der Waals surface area contributed by atoms with Gasteiger partial charge in [-0.1, -0.05) is 48.5 Å². The number of nitrogens with zero attached hydrogens (tertiary/aromatic N) is 1. The molecule has 3 aromatic rings. The van der Waals surface area contributed by atoms with Crippen molar-refractivity contribution in [2.24, 2.45) is 0 Å². The second kappa shape index (κ2) is 7.57. The van der Waals surface area contributed by atoms with E-state index in [9.17, 15) is 9.18 Å². The van der Waals surface area contributed by atoms with Gasteiger partial charge < -0.3 is 5.32 Å². The molecule has 0 aliphatic carbocycles. The quantitative estimate of drug-likeness (QED) is 0.736. The molecule has 0 unspecified atom stereocenters. The Kier molecular flexibility index (Phi) is 5.04. The Morgan fingerprint density at radius 2 is 1.76 bits per heavy atom. The third-order valence-corrected chi connectivity index (χ3v) is 3.81. The molecule has 0 aliphatic rings. The molecule has 2 amide bonds. The first-order valence-electron chi connectivity index (χ1n) is 7.95. The van der Waals surface area contributed by atoms with E-state index >= 15 is 0 Å². The lowest BCUT2D eigenvalue weighted by Crippen LogP contribution is -2.28. The van der Waals surface area contributed by atoms with Gasteiger partial charge in [0, 0.05) is 17.7 Å². The fourth-order valence-corrected chi connectivity index (χ4v) is 2.49. The molecule has 0 radical (unpaired) electrons. The van der Waals surface area contributed by atoms with Crippen LogP contribution in [0.5, 0.6) is 0 Å². The number of hydrogen-bond donors (Lipinski definition) is 2. The number of aryl methyl sites for hydroxylation is 1. The fourth-order valence-electron chi connectivity index (χ4n) is 2.49. The number of anilines is 1. The van der Waals surface area contributed by atoms with Crippen molar-refractivity contribution in [1.82, 2.24) is 10.3 Å². The van der Waals surface area contributed by atoms with Crippen molar-refractivity contribution in [3.05, 3.63) is 83.7 Å². The maximum atomic E-state index is 13.6. The normalized spacial score (nSPS) is 10.3. The summed E-state index contributed by atoms with van der Waals surface area (Å²) in [5.74, 6) is 0.0919. The van der Waals surface area contributed by atoms with Crippen molar-refractivity contribution in [3.8, 4) is 11.3 Å². The number of benzene rings is 2. The highest BCUT2D eigenvalue weighted by atomic mass is 19.1. The summed E-state index contributed by atoms with van der Waals surface area (Å²) in [7, 11) is 0. The van der Waals surface area contributed by atoms with E-state index in [1.165, 1.54) is 6.07 Å². The molecular weight excluding hydrogens is 317 g/mol. The first kappa shape index (κ1) is 16.6. The van der Waals surface area contributed by atoms with Gasteiger partial charge >= 0.3 is 6.03 Å². The molecule has 0 atom stereocenters. The smallest absolute Gasteiger partial charge is 0.320 e. The van der Waals surface area contributed by atoms with Crippen molar-refractivity contribution in [1.29, 1.82) is 0 Å². The molecule has 1 heterocycles. The maximum absolute atomic E-state index is 13.6. The van der Waals surface area contributed by atoms with E-state index in [0.717, 1.165) is 16.8 Å². The summed E-state index contributed by atoms with van der Waals surface area (Å²) in [5, 5.41) is 5.31. The van der Waals surface area contributed by atoms with E-state index in [-0.39, 0.29) is 12.4 Å². The van der Waals surface area contributed by atoms with Crippen molar-refractivity contribution in [3.63, 3.8) is 0 Å². The molecule has 2 N–H and O–H groups in total. The van der Waals surface area contributed by atoms with Crippen LogP contribution in [-0.2, 0) is 6.54 Å². The van der Waals surface area contributed by atoms with E-state index in [1.54, 1.807) is 24.3 Å². The zero-order valence-electron chi connectivity index (χ0n) is 13.8. The predicted molar refractivity (Wildman–Crippen MR) is 96.7 cm³/mol. The Labute approximate surface area is 145 Å². The maximum Gasteiger partial charge on any atom is 0.320 e. The molecule has 0 spiro atoms. The number of hydrogen-bond acceptors (Lipinski definition) is 2. The minimum absolute atomic E-state index is 0.107. The summed E-state index contributed by atoms with van der Waals surface area (Å²) in [4.78, 5) is 16.5. The lowest BCUT2D eigenvalue weighted by Gasteiger charge is -2.10. The number of carbonyl (C=O) groups is 1. The molecule has 0 fully saturated rings. The monoisotopic (exact) mass is 335 g/mol. The largest absolute Gasteiger partial charge is 0.334 e. The Morgan fingerprint density at radius 1 is 1.00 bits per heavy atom. The highest BCUT2D eigenvalue weighted by Gasteiger charge is 2.07. The van der Waals surface area contributed by atoms with Crippen LogP contribution in [0.4, 0.5) is 15.0 Å². The van der Waals surface area contributed by atoms with Gasteiger partial charge in [0.05, 0.1) is 5.69 Å². The Bertz CT molecular complexity index is 895. The Hall–Kier alpha value is -3.21. The lowest BCUT2D eigenvalue weighted by molar-refractivity contribution is 0.251. The van der Waals surface area contributed by atoms with Gasteiger partial charge in [0.25, 0.3) is 0 Å². The molecule has 25 heavy (non-hydrogen) atoms. The molecule has 1 aromatic heterocycles. The summed E-state index contributed by atoms with van der Waals surface area (Å²) in [6.07, 6.45) is 0. The molecule has 3 rings (SSSR count). The zero-order valence-corrected chi connectivity index (χ0v) is 13.8. The van der Waals surface area contributed by atoms with E-state index in [2.05, 4.69) is 15.6 Å². The number of urea groups is 1. The van der Waals surface area contributed by atoms with Crippen molar-refractivity contribution >= 4 is 11.8 Å². The van der Waals surface area contributed by atoms with Gasteiger partial charge in [0.15, 0.2) is 0 Å². The second-order valence-corrected chi connectivity index (χ2v) is 5.62. The summed E-state index contributed by atoms with van der Waals surface area (Å²) >= 11 is 0. The van der Waals surface area contributed by atoms with Crippen LogP contribution in [0.2, 0.25) is 0 Å². The first-order chi connectivity index (χ1) is 12.1. The number of carbonyl (C=O) groups excluding carboxylic acids is 1. The van der Waals surface area contributed by atoms with Crippen LogP contribution in [0, 0.1) is 12.7 Å². The van der Waals surface area contributed by atoms with E-state index in [0.29, 0.717) is 11.4 Å². The molecule has 0 saturated heterocycles. The summed E-state index contributed by atoms with van der Waals surface area (Å²) < 4.78 is 13.6. The van der Waals surface area contributed by atoms with Gasteiger partial charge in [-0.3, -0.25) is 5.32 Å². The van der Waals surface area contributed by atoms with Crippen molar-refractivity contribution < 1.29 is 9.18 Å². The zero-order chi connectivity index (χ0) is 17.6. The van der Waals surface area contributed by atoms with Gasteiger partial charge in [-0.15, -0.1) is 0 Å². The average molecular weight is 335 g/mol. The van der Waals surface area contributed by atoms with Gasteiger partial charge in [-0.25, -0.2) is 14.2 Å². The standard InChI is InChI=1S/C20H18FN3O/c1-14-7-2-4-9-16(14)18-11-6-12-19(23-18)24-20(25)22-13-15-8-3-5-10-17(15)21/h2-12H,13H2,1H3,(H2,22,23,24,25). The molecule has 5 heteroatoms. The van der Waals surface area contributed by atoms with Crippen LogP contribution in [-0.4, -0.2) is 11.0 Å². The van der Waals surface area contributed by atoms with Crippen LogP contribution in [0.15, 0.2) is 66.7 Å². The fraction of sp³-hybridized carbons (Fsp3) is 0.100. The number of aromatic nitrogens is 1. The van der Waals surface area contributed by atoms with Crippen LogP contribution >= 0.6 is 0 Å². The number of rotatable bonds is 4. The molecule has 2 aromatic carbocycles. The van der Waals surface area contributed by atoms with Crippen LogP contribution in [0.25, 0.3) is 11.3 Å². The first-order valence-corrected chi connectivity index (χ1v) is 7.95. The third kappa shape index (κ3) is 4.20. The molecule has 126 valence electrons. The van der Waals surface area contributed by atoms with E-state index < -0.39 is 6.03 Å². The average Bonchev–Trinajstić information content (AvgIpc) is 2.62. The van der Waals surface area contributed by atoms with E-state index in [1.807, 2.05) is 43.3 Å². The predicted octanol–water partition coefficient (Wildman–Crippen LogP) is 4.52. The molecule has 0 saturated carbocycles. The third-order valence-electron chi connectivity index (χ3n) is 3.81. The number of pyridine rings is 1.